The summed E-state index contributed by atoms with van der Waals surface area (Å²) in [5, 5.41) is 0. The zero-order valence-corrected chi connectivity index (χ0v) is 24.6. The Bertz CT molecular complexity index is 860. The van der Waals surface area contributed by atoms with Gasteiger partial charge in [-0.3, -0.25) is 0 Å². The van der Waals surface area contributed by atoms with Gasteiger partial charge in [-0.2, -0.15) is 0 Å². The minimum absolute atomic E-state index is 0.294. The molecule has 3 saturated carbocycles. The zero-order valence-electron chi connectivity index (χ0n) is 24.6. The smallest absolute Gasteiger partial charge is 0.171 e. The molecular weight excluding hydrogens is 460 g/mol. The Hall–Kier alpha value is -0.420. The first-order chi connectivity index (χ1) is 17.7. The molecule has 0 aromatic carbocycles. The van der Waals surface area contributed by atoms with Crippen LogP contribution in [0.1, 0.15) is 98.8 Å². The van der Waals surface area contributed by atoms with Gasteiger partial charge in [-0.15, -0.1) is 0 Å². The van der Waals surface area contributed by atoms with E-state index in [1.807, 2.05) is 0 Å². The van der Waals surface area contributed by atoms with Gasteiger partial charge in [0.1, 0.15) is 0 Å². The molecule has 0 amide bonds. The minimum atomic E-state index is -0.294. The maximum atomic E-state index is 6.96. The summed E-state index contributed by atoms with van der Waals surface area (Å²) in [7, 11) is 1.80. The van der Waals surface area contributed by atoms with E-state index < -0.39 is 0 Å². The fraction of sp³-hybridized carbons (Fsp3) is 0.939. The molecule has 4 heteroatoms. The third kappa shape index (κ3) is 4.30. The van der Waals surface area contributed by atoms with Crippen LogP contribution in [0.5, 0.6) is 0 Å². The molecule has 0 aromatic rings. The van der Waals surface area contributed by atoms with Crippen LogP contribution in [-0.4, -0.2) is 44.9 Å². The summed E-state index contributed by atoms with van der Waals surface area (Å²) in [6.07, 6.45) is 15.9. The number of fused-ring (bicyclic) bond motifs is 7. The number of hydrogen-bond donors (Lipinski definition) is 0. The van der Waals surface area contributed by atoms with E-state index in [0.29, 0.717) is 46.7 Å². The Labute approximate surface area is 226 Å². The highest BCUT2D eigenvalue weighted by atomic mass is 16.7. The van der Waals surface area contributed by atoms with Crippen molar-refractivity contribution < 1.29 is 18.9 Å². The van der Waals surface area contributed by atoms with Gasteiger partial charge in [0.2, 0.25) is 0 Å². The van der Waals surface area contributed by atoms with Crippen LogP contribution >= 0.6 is 0 Å². The molecule has 0 radical (unpaired) electrons. The first-order valence-corrected chi connectivity index (χ1v) is 15.8. The highest BCUT2D eigenvalue weighted by Crippen LogP contribution is 2.70. The van der Waals surface area contributed by atoms with Crippen LogP contribution in [0.15, 0.2) is 11.6 Å². The molecule has 4 aliphatic carbocycles. The Kier molecular flexibility index (Phi) is 7.16. The van der Waals surface area contributed by atoms with Crippen molar-refractivity contribution in [1.29, 1.82) is 0 Å². The van der Waals surface area contributed by atoms with Gasteiger partial charge in [0.05, 0.1) is 18.8 Å². The van der Waals surface area contributed by atoms with E-state index in [2.05, 4.69) is 40.7 Å². The lowest BCUT2D eigenvalue weighted by atomic mass is 9.47. The van der Waals surface area contributed by atoms with Gasteiger partial charge in [-0.1, -0.05) is 46.3 Å². The highest BCUT2D eigenvalue weighted by molar-refractivity contribution is 5.26. The lowest BCUT2D eigenvalue weighted by molar-refractivity contribution is -0.272. The average Bonchev–Trinajstić information content (AvgIpc) is 3.31. The molecule has 5 fully saturated rings. The second-order valence-electron chi connectivity index (χ2n) is 14.9. The quantitative estimate of drug-likeness (QED) is 0.346. The fourth-order valence-corrected chi connectivity index (χ4v) is 10.6. The summed E-state index contributed by atoms with van der Waals surface area (Å²) >= 11 is 0. The van der Waals surface area contributed by atoms with Gasteiger partial charge >= 0.3 is 0 Å². The molecule has 0 aromatic heterocycles. The Morgan fingerprint density at radius 1 is 1.08 bits per heavy atom. The van der Waals surface area contributed by atoms with Crippen molar-refractivity contribution in [2.45, 2.75) is 117 Å². The van der Waals surface area contributed by atoms with Crippen molar-refractivity contribution in [3.8, 4) is 0 Å². The number of hydrogen-bond acceptors (Lipinski definition) is 4. The number of allylic oxidation sites excluding steroid dienone is 1. The summed E-state index contributed by atoms with van der Waals surface area (Å²) in [5.41, 5.74) is 2.51. The van der Waals surface area contributed by atoms with Crippen LogP contribution in [0, 0.1) is 52.3 Å². The van der Waals surface area contributed by atoms with Crippen molar-refractivity contribution in [2.75, 3.05) is 26.9 Å². The molecule has 0 unspecified atom stereocenters. The second kappa shape index (κ2) is 9.89. The summed E-state index contributed by atoms with van der Waals surface area (Å²) in [6.45, 7) is 14.9. The summed E-state index contributed by atoms with van der Waals surface area (Å²) in [4.78, 5) is 0. The molecule has 37 heavy (non-hydrogen) atoms. The molecule has 2 saturated heterocycles. The van der Waals surface area contributed by atoms with E-state index >= 15 is 0 Å². The second-order valence-corrected chi connectivity index (χ2v) is 14.9. The van der Waals surface area contributed by atoms with E-state index in [9.17, 15) is 0 Å². The van der Waals surface area contributed by atoms with E-state index in [-0.39, 0.29) is 5.79 Å². The molecule has 1 spiro atoms. The molecule has 6 aliphatic rings. The number of rotatable bonds is 6. The van der Waals surface area contributed by atoms with E-state index in [1.54, 1.807) is 12.7 Å². The summed E-state index contributed by atoms with van der Waals surface area (Å²) < 4.78 is 25.2. The number of methoxy groups -OCH3 is 1. The van der Waals surface area contributed by atoms with Crippen LogP contribution < -0.4 is 0 Å². The lowest BCUT2D eigenvalue weighted by Gasteiger charge is -2.58. The van der Waals surface area contributed by atoms with Crippen LogP contribution in [0.25, 0.3) is 0 Å². The molecule has 210 valence electrons. The minimum Gasteiger partial charge on any atom is -0.384 e. The van der Waals surface area contributed by atoms with Crippen LogP contribution in [-0.2, 0) is 18.9 Å². The predicted molar refractivity (Wildman–Crippen MR) is 147 cm³/mol. The standard InChI is InChI=1S/C33H54O4/c1-21-9-15-33(36-20-21)23(3)30-29(37-33)18-28-26-8-7-24-17-25(35-16-12-22(2)19-34-6)10-13-31(24,4)27(26)11-14-32(28,30)5/h7,21-23,25-30H,8-20H2,1-6H3/t21-,22+,23+,25+,26-,27+,28+,29+,30+,31+,32+,33-/m1/s1. The van der Waals surface area contributed by atoms with Crippen molar-refractivity contribution in [3.63, 3.8) is 0 Å². The molecule has 0 N–H and O–H groups in total. The largest absolute Gasteiger partial charge is 0.384 e. The Morgan fingerprint density at radius 2 is 1.92 bits per heavy atom. The third-order valence-electron chi connectivity index (χ3n) is 12.7. The average molecular weight is 515 g/mol. The van der Waals surface area contributed by atoms with Gasteiger partial charge in [-0.25, -0.2) is 0 Å². The van der Waals surface area contributed by atoms with Gasteiger partial charge in [-0.05, 0) is 104 Å². The molecule has 6 rings (SSSR count). The predicted octanol–water partition coefficient (Wildman–Crippen LogP) is 7.41. The van der Waals surface area contributed by atoms with Gasteiger partial charge in [0.25, 0.3) is 0 Å². The monoisotopic (exact) mass is 514 g/mol. The van der Waals surface area contributed by atoms with Crippen LogP contribution in [0.2, 0.25) is 0 Å². The molecule has 4 nitrogen and oxygen atoms in total. The van der Waals surface area contributed by atoms with Crippen molar-refractivity contribution >= 4 is 0 Å². The zero-order chi connectivity index (χ0) is 26.0. The van der Waals surface area contributed by atoms with Crippen molar-refractivity contribution in [2.24, 2.45) is 52.3 Å². The molecular formula is C33H54O4. The molecule has 0 bridgehead atoms. The van der Waals surface area contributed by atoms with Crippen molar-refractivity contribution in [3.05, 3.63) is 11.6 Å². The maximum absolute atomic E-state index is 6.96. The molecule has 2 heterocycles. The first-order valence-electron chi connectivity index (χ1n) is 15.8. The van der Waals surface area contributed by atoms with Crippen LogP contribution in [0.4, 0.5) is 0 Å². The topological polar surface area (TPSA) is 36.9 Å². The van der Waals surface area contributed by atoms with Crippen molar-refractivity contribution in [1.82, 2.24) is 0 Å². The Morgan fingerprint density at radius 3 is 2.68 bits per heavy atom. The summed E-state index contributed by atoms with van der Waals surface area (Å²) in [6, 6.07) is 0. The van der Waals surface area contributed by atoms with Gasteiger partial charge in [0, 0.05) is 32.7 Å². The number of ether oxygens (including phenoxy) is 4. The Balaban J connectivity index is 1.13. The van der Waals surface area contributed by atoms with E-state index in [4.69, 9.17) is 18.9 Å². The molecule has 12 atom stereocenters. The fourth-order valence-electron chi connectivity index (χ4n) is 10.6. The van der Waals surface area contributed by atoms with Gasteiger partial charge in [0.15, 0.2) is 5.79 Å². The van der Waals surface area contributed by atoms with Crippen LogP contribution in [0.3, 0.4) is 0 Å². The normalized spacial score (nSPS) is 51.7. The van der Waals surface area contributed by atoms with Gasteiger partial charge < -0.3 is 18.9 Å². The maximum Gasteiger partial charge on any atom is 0.171 e. The SMILES string of the molecule is COC[C@@H](C)CCO[C@H]1CC[C@@]2(C)C(=CC[C@H]3[C@@H]4C[C@@H]5O[C@]6(CC[C@@H](C)CO6)[C@@H](C)[C@@H]5[C@@]4(C)CC[C@@H]32)C1. The third-order valence-corrected chi connectivity index (χ3v) is 12.7. The summed E-state index contributed by atoms with van der Waals surface area (Å²) in [5.74, 6) is 4.59. The molecule has 2 aliphatic heterocycles. The van der Waals surface area contributed by atoms with E-state index in [0.717, 1.165) is 56.8 Å². The highest BCUT2D eigenvalue weighted by Gasteiger charge is 2.68. The first kappa shape index (κ1) is 26.8. The lowest BCUT2D eigenvalue weighted by Crippen LogP contribution is -2.52. The van der Waals surface area contributed by atoms with E-state index in [1.165, 1.54) is 44.9 Å².